The summed E-state index contributed by atoms with van der Waals surface area (Å²) in [7, 11) is 0. The number of pyridine rings is 2. The predicted molar refractivity (Wildman–Crippen MR) is 129 cm³/mol. The predicted octanol–water partition coefficient (Wildman–Crippen LogP) is 3.64. The van der Waals surface area contributed by atoms with Crippen molar-refractivity contribution in [3.63, 3.8) is 0 Å². The van der Waals surface area contributed by atoms with Crippen LogP contribution in [-0.2, 0) is 0 Å². The van der Waals surface area contributed by atoms with Crippen molar-refractivity contribution in [2.24, 2.45) is 0 Å². The molecule has 2 unspecified atom stereocenters. The Morgan fingerprint density at radius 1 is 1.24 bits per heavy atom. The van der Waals surface area contributed by atoms with Crippen molar-refractivity contribution >= 4 is 33.8 Å². The number of anilines is 2. The van der Waals surface area contributed by atoms with E-state index in [1.165, 1.54) is 12.3 Å². The first-order chi connectivity index (χ1) is 16.3. The Kier molecular flexibility index (Phi) is 5.38. The SMILES string of the molecule is Cc1cn2cc(NC(=O)c3ccc(N4CC(C)NC(C)C4)c4cc(C#N)cnc34)cc(F)c2n1. The molecule has 4 heterocycles. The number of aromatic nitrogens is 3. The number of hydrogen-bond acceptors (Lipinski definition) is 6. The van der Waals surface area contributed by atoms with Crippen LogP contribution in [0.15, 0.2) is 42.9 Å². The van der Waals surface area contributed by atoms with Crippen molar-refractivity contribution in [3.05, 3.63) is 65.5 Å². The number of imidazole rings is 1. The summed E-state index contributed by atoms with van der Waals surface area (Å²) in [5.74, 6) is -0.934. The first-order valence-electron chi connectivity index (χ1n) is 11.1. The van der Waals surface area contributed by atoms with Crippen LogP contribution in [0.5, 0.6) is 0 Å². The lowest BCUT2D eigenvalue weighted by Gasteiger charge is -2.38. The van der Waals surface area contributed by atoms with Crippen molar-refractivity contribution in [1.82, 2.24) is 19.7 Å². The molecule has 0 aliphatic carbocycles. The van der Waals surface area contributed by atoms with Crippen LogP contribution in [0.25, 0.3) is 16.6 Å². The molecule has 4 aromatic rings. The largest absolute Gasteiger partial charge is 0.368 e. The molecule has 1 saturated heterocycles. The normalized spacial score (nSPS) is 18.3. The zero-order chi connectivity index (χ0) is 24.0. The summed E-state index contributed by atoms with van der Waals surface area (Å²) >= 11 is 0. The van der Waals surface area contributed by atoms with E-state index in [9.17, 15) is 14.4 Å². The molecule has 2 atom stereocenters. The lowest BCUT2D eigenvalue weighted by molar-refractivity contribution is 0.102. The number of rotatable bonds is 3. The highest BCUT2D eigenvalue weighted by Gasteiger charge is 2.24. The molecule has 2 N–H and O–H groups in total. The minimum Gasteiger partial charge on any atom is -0.368 e. The molecule has 1 fully saturated rings. The molecule has 1 aliphatic heterocycles. The smallest absolute Gasteiger partial charge is 0.257 e. The van der Waals surface area contributed by atoms with E-state index in [1.807, 2.05) is 6.07 Å². The van der Waals surface area contributed by atoms with E-state index >= 15 is 0 Å². The molecule has 9 heteroatoms. The maximum Gasteiger partial charge on any atom is 0.257 e. The third kappa shape index (κ3) is 3.93. The second-order valence-electron chi connectivity index (χ2n) is 8.88. The van der Waals surface area contributed by atoms with Crippen LogP contribution in [0.3, 0.4) is 0 Å². The Balaban J connectivity index is 1.55. The molecule has 0 radical (unpaired) electrons. The highest BCUT2D eigenvalue weighted by atomic mass is 19.1. The standard InChI is InChI=1S/C25H24FN7O/c1-14-10-32(11-15(2)29-14)22-5-4-19(23-20(22)6-17(8-27)9-28-23)25(34)31-18-7-21(26)24-30-16(3)12-33(24)13-18/h4-7,9,12-15,29H,10-11H2,1-3H3,(H,31,34). The number of nitrogens with one attached hydrogen (secondary N) is 2. The van der Waals surface area contributed by atoms with E-state index in [0.717, 1.165) is 24.2 Å². The third-order valence-electron chi connectivity index (χ3n) is 5.98. The topological polar surface area (TPSA) is 98.3 Å². The van der Waals surface area contributed by atoms with Crippen LogP contribution in [0.4, 0.5) is 15.8 Å². The van der Waals surface area contributed by atoms with Gasteiger partial charge in [0.25, 0.3) is 5.91 Å². The molecule has 1 aliphatic rings. The number of benzene rings is 1. The fourth-order valence-electron chi connectivity index (χ4n) is 4.70. The average Bonchev–Trinajstić information content (AvgIpc) is 3.18. The lowest BCUT2D eigenvalue weighted by atomic mass is 10.0. The Hall–Kier alpha value is -4.03. The van der Waals surface area contributed by atoms with E-state index < -0.39 is 11.7 Å². The fraction of sp³-hybridized carbons (Fsp3) is 0.280. The van der Waals surface area contributed by atoms with Crippen LogP contribution < -0.4 is 15.5 Å². The molecule has 1 aromatic carbocycles. The van der Waals surface area contributed by atoms with E-state index in [0.29, 0.717) is 40.1 Å². The van der Waals surface area contributed by atoms with Crippen molar-refractivity contribution < 1.29 is 9.18 Å². The quantitative estimate of drug-likeness (QED) is 0.487. The van der Waals surface area contributed by atoms with Gasteiger partial charge in [0.2, 0.25) is 0 Å². The number of fused-ring (bicyclic) bond motifs is 2. The first-order valence-corrected chi connectivity index (χ1v) is 11.1. The molecule has 0 bridgehead atoms. The van der Waals surface area contributed by atoms with E-state index in [4.69, 9.17) is 0 Å². The zero-order valence-electron chi connectivity index (χ0n) is 19.1. The van der Waals surface area contributed by atoms with Gasteiger partial charge < -0.3 is 19.9 Å². The molecule has 8 nitrogen and oxygen atoms in total. The minimum atomic E-state index is -0.523. The van der Waals surface area contributed by atoms with Crippen LogP contribution in [-0.4, -0.2) is 45.4 Å². The number of carbonyl (C=O) groups is 1. The summed E-state index contributed by atoms with van der Waals surface area (Å²) in [6, 6.07) is 9.38. The Labute approximate surface area is 196 Å². The van der Waals surface area contributed by atoms with Crippen LogP contribution >= 0.6 is 0 Å². The van der Waals surface area contributed by atoms with Crippen LogP contribution in [0, 0.1) is 24.1 Å². The molecular formula is C25H24FN7O. The molecule has 34 heavy (non-hydrogen) atoms. The highest BCUT2D eigenvalue weighted by Crippen LogP contribution is 2.31. The summed E-state index contributed by atoms with van der Waals surface area (Å²) in [6.07, 6.45) is 4.78. The molecular weight excluding hydrogens is 433 g/mol. The second-order valence-corrected chi connectivity index (χ2v) is 8.88. The first kappa shape index (κ1) is 21.8. The molecule has 5 rings (SSSR count). The maximum absolute atomic E-state index is 14.5. The zero-order valence-corrected chi connectivity index (χ0v) is 19.1. The Bertz CT molecular complexity index is 1460. The number of carbonyl (C=O) groups excluding carboxylic acids is 1. The number of piperazine rings is 1. The molecule has 172 valence electrons. The minimum absolute atomic E-state index is 0.204. The number of nitriles is 1. The van der Waals surface area contributed by atoms with Crippen molar-refractivity contribution in [2.45, 2.75) is 32.9 Å². The van der Waals surface area contributed by atoms with E-state index in [-0.39, 0.29) is 5.65 Å². The number of halogens is 1. The van der Waals surface area contributed by atoms with Crippen molar-refractivity contribution in [2.75, 3.05) is 23.3 Å². The third-order valence-corrected chi connectivity index (χ3v) is 5.98. The van der Waals surface area contributed by atoms with Gasteiger partial charge in [0.05, 0.1) is 28.0 Å². The van der Waals surface area contributed by atoms with Gasteiger partial charge in [0, 0.05) is 60.9 Å². The second kappa shape index (κ2) is 8.39. The van der Waals surface area contributed by atoms with Gasteiger partial charge in [-0.2, -0.15) is 5.26 Å². The van der Waals surface area contributed by atoms with Gasteiger partial charge in [-0.1, -0.05) is 0 Å². The average molecular weight is 458 g/mol. The van der Waals surface area contributed by atoms with Gasteiger partial charge in [0.15, 0.2) is 11.5 Å². The number of amides is 1. The van der Waals surface area contributed by atoms with Gasteiger partial charge in [-0.15, -0.1) is 0 Å². The Morgan fingerprint density at radius 3 is 2.74 bits per heavy atom. The fourth-order valence-corrected chi connectivity index (χ4v) is 4.70. The van der Waals surface area contributed by atoms with Gasteiger partial charge in [-0.05, 0) is 39.0 Å². The monoisotopic (exact) mass is 457 g/mol. The van der Waals surface area contributed by atoms with Gasteiger partial charge in [-0.3, -0.25) is 9.78 Å². The summed E-state index contributed by atoms with van der Waals surface area (Å²) in [4.78, 5) is 24.1. The Morgan fingerprint density at radius 2 is 2.00 bits per heavy atom. The maximum atomic E-state index is 14.5. The number of hydrogen-bond donors (Lipinski definition) is 2. The molecule has 3 aromatic heterocycles. The summed E-state index contributed by atoms with van der Waals surface area (Å²) in [5.41, 5.74) is 3.38. The lowest BCUT2D eigenvalue weighted by Crippen LogP contribution is -2.54. The molecule has 1 amide bonds. The summed E-state index contributed by atoms with van der Waals surface area (Å²) in [5, 5.41) is 16.5. The summed E-state index contributed by atoms with van der Waals surface area (Å²) < 4.78 is 16.0. The summed E-state index contributed by atoms with van der Waals surface area (Å²) in [6.45, 7) is 7.63. The van der Waals surface area contributed by atoms with Gasteiger partial charge in [-0.25, -0.2) is 9.37 Å². The van der Waals surface area contributed by atoms with Crippen molar-refractivity contribution in [1.29, 1.82) is 5.26 Å². The highest BCUT2D eigenvalue weighted by molar-refractivity contribution is 6.14. The molecule has 0 saturated carbocycles. The van der Waals surface area contributed by atoms with E-state index in [1.54, 1.807) is 35.9 Å². The van der Waals surface area contributed by atoms with Crippen LogP contribution in [0.2, 0.25) is 0 Å². The number of nitrogens with zero attached hydrogens (tertiary/aromatic N) is 5. The van der Waals surface area contributed by atoms with Gasteiger partial charge >= 0.3 is 0 Å². The molecule has 0 spiro atoms. The van der Waals surface area contributed by atoms with Crippen molar-refractivity contribution in [3.8, 4) is 6.07 Å². The van der Waals surface area contributed by atoms with Gasteiger partial charge in [0.1, 0.15) is 6.07 Å². The van der Waals surface area contributed by atoms with Crippen LogP contribution in [0.1, 0.15) is 35.5 Å². The number of aryl methyl sites for hydroxylation is 1. The van der Waals surface area contributed by atoms with E-state index in [2.05, 4.69) is 45.4 Å².